The fourth-order valence-corrected chi connectivity index (χ4v) is 5.81. The number of rotatable bonds is 26. The molecule has 1 aliphatic heterocycles. The average molecular weight is 816 g/mol. The Morgan fingerprint density at radius 2 is 1.14 bits per heavy atom. The van der Waals surface area contributed by atoms with E-state index >= 15 is 0 Å². The zero-order valence-corrected chi connectivity index (χ0v) is 33.0. The molecule has 0 saturated carbocycles. The highest BCUT2D eigenvalue weighted by atomic mass is 16.6. The molecule has 1 heterocycles. The smallest absolute Gasteiger partial charge is 0.326 e. The van der Waals surface area contributed by atoms with Gasteiger partial charge < -0.3 is 50.2 Å². The van der Waals surface area contributed by atoms with Crippen molar-refractivity contribution in [1.29, 1.82) is 0 Å². The van der Waals surface area contributed by atoms with E-state index in [0.717, 1.165) is 27.9 Å². The van der Waals surface area contributed by atoms with Crippen LogP contribution in [-0.4, -0.2) is 119 Å². The molecular weight excluding hydrogens is 762 g/mol. The molecule has 16 heteroatoms. The maximum atomic E-state index is 13.3. The highest BCUT2D eigenvalue weighted by Crippen LogP contribution is 2.29. The summed E-state index contributed by atoms with van der Waals surface area (Å²) in [5.74, 6) is -3.23. The van der Waals surface area contributed by atoms with E-state index in [0.29, 0.717) is 52.7 Å². The second-order valence-electron chi connectivity index (χ2n) is 13.3. The minimum atomic E-state index is -1.20. The number of hydrogen-bond donors (Lipinski definition) is 5. The van der Waals surface area contributed by atoms with Gasteiger partial charge in [0.05, 0.1) is 78.2 Å². The number of nitrogens with zero attached hydrogens (tertiary/aromatic N) is 1. The van der Waals surface area contributed by atoms with Gasteiger partial charge in [0.2, 0.25) is 29.5 Å². The number of carboxylic acids is 1. The van der Waals surface area contributed by atoms with Gasteiger partial charge in [0, 0.05) is 32.2 Å². The highest BCUT2D eigenvalue weighted by molar-refractivity contribution is 5.98. The molecule has 5 N–H and O–H groups in total. The predicted octanol–water partition coefficient (Wildman–Crippen LogP) is 2.10. The Labute approximate surface area is 343 Å². The van der Waals surface area contributed by atoms with Gasteiger partial charge in [0.1, 0.15) is 6.04 Å². The molecule has 4 rings (SSSR count). The molecule has 5 amide bonds. The lowest BCUT2D eigenvalue weighted by atomic mass is 10.0. The van der Waals surface area contributed by atoms with Crippen molar-refractivity contribution in [3.63, 3.8) is 0 Å². The number of carbonyl (C=O) groups is 6. The Kier molecular flexibility index (Phi) is 20.3. The molecule has 3 aromatic rings. The fourth-order valence-electron chi connectivity index (χ4n) is 5.81. The summed E-state index contributed by atoms with van der Waals surface area (Å²) < 4.78 is 21.8. The van der Waals surface area contributed by atoms with Crippen molar-refractivity contribution in [3.8, 4) is 0 Å². The van der Waals surface area contributed by atoms with E-state index in [1.165, 1.54) is 0 Å². The lowest BCUT2D eigenvalue weighted by molar-refractivity contribution is -0.141. The number of anilines is 1. The molecular formula is C43H53N5O11. The van der Waals surface area contributed by atoms with Crippen molar-refractivity contribution in [2.24, 2.45) is 0 Å². The molecule has 0 unspecified atom stereocenters. The van der Waals surface area contributed by atoms with Crippen LogP contribution >= 0.6 is 0 Å². The van der Waals surface area contributed by atoms with Gasteiger partial charge in [-0.1, -0.05) is 84.9 Å². The summed E-state index contributed by atoms with van der Waals surface area (Å²) >= 11 is 0. The molecule has 3 aromatic carbocycles. The SMILES string of the molecule is O=C(CCC(=O)N1Cc2ccccc2/C=C\c2ccccc21)NCCOCCOCCOCCOCCC(=O)NCC(=O)NCC(=O)N[C@@H](Cc1ccccc1)C(=O)O. The van der Waals surface area contributed by atoms with Gasteiger partial charge in [-0.25, -0.2) is 4.79 Å². The van der Waals surface area contributed by atoms with Gasteiger partial charge >= 0.3 is 5.97 Å². The van der Waals surface area contributed by atoms with E-state index in [2.05, 4.69) is 27.3 Å². The van der Waals surface area contributed by atoms with Gasteiger partial charge in [-0.15, -0.1) is 0 Å². The summed E-state index contributed by atoms with van der Waals surface area (Å²) in [4.78, 5) is 75.2. The topological polar surface area (TPSA) is 211 Å². The van der Waals surface area contributed by atoms with Crippen LogP contribution in [0.1, 0.15) is 41.5 Å². The Morgan fingerprint density at radius 1 is 0.576 bits per heavy atom. The minimum absolute atomic E-state index is 0.0161. The van der Waals surface area contributed by atoms with E-state index in [9.17, 15) is 33.9 Å². The number of carbonyl (C=O) groups excluding carboxylic acids is 5. The summed E-state index contributed by atoms with van der Waals surface area (Å²) in [7, 11) is 0. The molecule has 16 nitrogen and oxygen atoms in total. The van der Waals surface area contributed by atoms with E-state index in [4.69, 9.17) is 18.9 Å². The third-order valence-corrected chi connectivity index (χ3v) is 8.89. The first-order valence-corrected chi connectivity index (χ1v) is 19.5. The summed E-state index contributed by atoms with van der Waals surface area (Å²) in [6.45, 7) is 2.28. The largest absolute Gasteiger partial charge is 0.480 e. The Morgan fingerprint density at radius 3 is 1.85 bits per heavy atom. The van der Waals surface area contributed by atoms with Crippen molar-refractivity contribution in [2.75, 3.05) is 77.4 Å². The zero-order valence-electron chi connectivity index (χ0n) is 33.0. The molecule has 0 bridgehead atoms. The first-order valence-electron chi connectivity index (χ1n) is 19.5. The predicted molar refractivity (Wildman–Crippen MR) is 219 cm³/mol. The molecule has 0 saturated heterocycles. The number of fused-ring (bicyclic) bond motifs is 2. The van der Waals surface area contributed by atoms with Crippen LogP contribution in [0.25, 0.3) is 12.2 Å². The average Bonchev–Trinajstić information content (AvgIpc) is 3.23. The Balaban J connectivity index is 0.922. The minimum Gasteiger partial charge on any atom is -0.480 e. The number of ether oxygens (including phenoxy) is 4. The van der Waals surface area contributed by atoms with Crippen LogP contribution in [0.15, 0.2) is 78.9 Å². The van der Waals surface area contributed by atoms with Crippen LogP contribution in [0.4, 0.5) is 5.69 Å². The molecule has 0 spiro atoms. The third kappa shape index (κ3) is 17.6. The van der Waals surface area contributed by atoms with Gasteiger partial charge in [-0.05, 0) is 28.3 Å². The first kappa shape index (κ1) is 45.8. The van der Waals surface area contributed by atoms with Crippen LogP contribution in [0.3, 0.4) is 0 Å². The number of aliphatic carboxylic acids is 1. The second kappa shape index (κ2) is 26.1. The van der Waals surface area contributed by atoms with Crippen LogP contribution < -0.4 is 26.2 Å². The Hall–Kier alpha value is -5.94. The first-order chi connectivity index (χ1) is 28.7. The number of hydrogen-bond acceptors (Lipinski definition) is 10. The van der Waals surface area contributed by atoms with Gasteiger partial charge in [0.25, 0.3) is 0 Å². The lowest BCUT2D eigenvalue weighted by Gasteiger charge is -2.27. The normalized spacial score (nSPS) is 12.8. The van der Waals surface area contributed by atoms with Crippen molar-refractivity contribution in [2.45, 2.75) is 38.3 Å². The quantitative estimate of drug-likeness (QED) is 0.0741. The number of amides is 5. The second-order valence-corrected chi connectivity index (χ2v) is 13.3. The molecule has 0 aromatic heterocycles. The number of para-hydroxylation sites is 1. The number of nitrogens with one attached hydrogen (secondary N) is 4. The van der Waals surface area contributed by atoms with Crippen LogP contribution in [0.5, 0.6) is 0 Å². The third-order valence-electron chi connectivity index (χ3n) is 8.89. The van der Waals surface area contributed by atoms with Crippen molar-refractivity contribution in [3.05, 3.63) is 101 Å². The molecule has 1 aliphatic rings. The fraction of sp³-hybridized carbons (Fsp3) is 0.395. The highest BCUT2D eigenvalue weighted by Gasteiger charge is 2.22. The Bertz CT molecular complexity index is 1860. The van der Waals surface area contributed by atoms with Crippen LogP contribution in [0.2, 0.25) is 0 Å². The maximum absolute atomic E-state index is 13.3. The molecule has 0 aliphatic carbocycles. The van der Waals surface area contributed by atoms with Gasteiger partial charge in [0.15, 0.2) is 0 Å². The van der Waals surface area contributed by atoms with Gasteiger partial charge in [-0.2, -0.15) is 0 Å². The van der Waals surface area contributed by atoms with E-state index in [1.807, 2.05) is 54.6 Å². The molecule has 1 atom stereocenters. The molecule has 59 heavy (non-hydrogen) atoms. The summed E-state index contributed by atoms with van der Waals surface area (Å²) in [5.41, 5.74) is 4.59. The van der Waals surface area contributed by atoms with E-state index < -0.39 is 36.3 Å². The monoisotopic (exact) mass is 815 g/mol. The summed E-state index contributed by atoms with van der Waals surface area (Å²) in [6.07, 6.45) is 4.32. The standard InChI is InChI=1S/C43H53N5O11/c49-38(16-17-42(53)48-31-35-12-5-4-10-33(35)14-15-34-11-6-7-13-37(34)48)44-19-21-57-23-25-59-27-26-58-24-22-56-20-18-39(50)45-29-40(51)46-30-41(52)47-36(43(54)55)28-32-8-2-1-3-9-32/h1-15,36H,16-31H2,(H,44,49)(H,45,50)(H,46,51)(H,47,52)(H,54,55)/b15-14-/t36-/m0/s1. The lowest BCUT2D eigenvalue weighted by Crippen LogP contribution is -2.47. The van der Waals surface area contributed by atoms with Crippen molar-refractivity contribution >= 4 is 53.3 Å². The molecule has 316 valence electrons. The number of benzene rings is 3. The maximum Gasteiger partial charge on any atom is 0.326 e. The molecule has 0 radical (unpaired) electrons. The number of carboxylic acid groups (broad SMARTS) is 1. The zero-order chi connectivity index (χ0) is 42.1. The van der Waals surface area contributed by atoms with Crippen molar-refractivity contribution in [1.82, 2.24) is 21.3 Å². The summed E-state index contributed by atoms with van der Waals surface area (Å²) in [5, 5.41) is 19.3. The summed E-state index contributed by atoms with van der Waals surface area (Å²) in [6, 6.07) is 23.4. The van der Waals surface area contributed by atoms with Crippen LogP contribution in [0, 0.1) is 0 Å². The van der Waals surface area contributed by atoms with Gasteiger partial charge in [-0.3, -0.25) is 24.0 Å². The van der Waals surface area contributed by atoms with Crippen molar-refractivity contribution < 1.29 is 52.8 Å². The van der Waals surface area contributed by atoms with Crippen LogP contribution in [-0.2, 0) is 60.7 Å². The molecule has 0 fully saturated rings. The van der Waals surface area contributed by atoms with E-state index in [1.54, 1.807) is 35.2 Å². The van der Waals surface area contributed by atoms with E-state index in [-0.39, 0.29) is 57.3 Å².